The zero-order valence-electron chi connectivity index (χ0n) is 23.6. The van der Waals surface area contributed by atoms with E-state index in [1.54, 1.807) is 0 Å². The van der Waals surface area contributed by atoms with Crippen molar-refractivity contribution in [2.75, 3.05) is 6.61 Å². The SMILES string of the molecule is CCCCCCCCC/C=C/CCCC[C@@H](O)[C@H](CO)NC(=O)CCCCCCCCCCCC. The zero-order valence-corrected chi connectivity index (χ0v) is 23.6. The second-order valence-corrected chi connectivity index (χ2v) is 10.5. The van der Waals surface area contributed by atoms with Gasteiger partial charge in [-0.25, -0.2) is 0 Å². The van der Waals surface area contributed by atoms with E-state index in [2.05, 4.69) is 31.3 Å². The van der Waals surface area contributed by atoms with E-state index in [4.69, 9.17) is 0 Å². The normalized spacial score (nSPS) is 13.4. The van der Waals surface area contributed by atoms with Crippen LogP contribution in [0, 0.1) is 0 Å². The second-order valence-electron chi connectivity index (χ2n) is 10.5. The van der Waals surface area contributed by atoms with E-state index >= 15 is 0 Å². The lowest BCUT2D eigenvalue weighted by molar-refractivity contribution is -0.123. The van der Waals surface area contributed by atoms with Crippen LogP contribution in [-0.2, 0) is 4.79 Å². The van der Waals surface area contributed by atoms with Crippen LogP contribution in [0.15, 0.2) is 12.2 Å². The van der Waals surface area contributed by atoms with E-state index in [1.165, 1.54) is 103 Å². The van der Waals surface area contributed by atoms with Crippen molar-refractivity contribution in [2.24, 2.45) is 0 Å². The Bertz CT molecular complexity index is 466. The van der Waals surface area contributed by atoms with E-state index in [1.807, 2.05) is 0 Å². The Balaban J connectivity index is 3.65. The highest BCUT2D eigenvalue weighted by molar-refractivity contribution is 5.76. The van der Waals surface area contributed by atoms with E-state index < -0.39 is 12.1 Å². The van der Waals surface area contributed by atoms with Crippen LogP contribution in [0.25, 0.3) is 0 Å². The first-order chi connectivity index (χ1) is 17.2. The minimum absolute atomic E-state index is 0.0454. The van der Waals surface area contributed by atoms with Crippen LogP contribution in [0.2, 0.25) is 0 Å². The molecule has 0 saturated carbocycles. The summed E-state index contributed by atoms with van der Waals surface area (Å²) in [5.41, 5.74) is 0. The van der Waals surface area contributed by atoms with Gasteiger partial charge in [0.2, 0.25) is 5.91 Å². The van der Waals surface area contributed by atoms with E-state index in [-0.39, 0.29) is 12.5 Å². The summed E-state index contributed by atoms with van der Waals surface area (Å²) in [6, 6.07) is -0.543. The number of hydrogen-bond donors (Lipinski definition) is 3. The van der Waals surface area contributed by atoms with E-state index in [9.17, 15) is 15.0 Å². The Kier molecular flexibility index (Phi) is 27.0. The fourth-order valence-electron chi connectivity index (χ4n) is 4.59. The molecule has 0 aromatic heterocycles. The molecule has 0 spiro atoms. The van der Waals surface area contributed by atoms with Gasteiger partial charge in [0.15, 0.2) is 0 Å². The number of unbranched alkanes of at least 4 members (excludes halogenated alkanes) is 18. The number of aliphatic hydroxyl groups is 2. The lowest BCUT2D eigenvalue weighted by Crippen LogP contribution is -2.45. The van der Waals surface area contributed by atoms with Gasteiger partial charge in [-0.15, -0.1) is 0 Å². The summed E-state index contributed by atoms with van der Waals surface area (Å²) in [6.07, 6.45) is 31.1. The first-order valence-corrected chi connectivity index (χ1v) is 15.4. The molecule has 0 rings (SSSR count). The van der Waals surface area contributed by atoms with Crippen LogP contribution in [0.4, 0.5) is 0 Å². The molecular formula is C31H61NO3. The minimum atomic E-state index is -0.673. The van der Waals surface area contributed by atoms with Gasteiger partial charge in [0.1, 0.15) is 0 Å². The largest absolute Gasteiger partial charge is 0.394 e. The fourth-order valence-corrected chi connectivity index (χ4v) is 4.59. The Labute approximate surface area is 218 Å². The van der Waals surface area contributed by atoms with Gasteiger partial charge in [-0.05, 0) is 38.5 Å². The molecule has 0 aliphatic rings. The molecule has 0 aromatic carbocycles. The summed E-state index contributed by atoms with van der Waals surface area (Å²) in [5, 5.41) is 22.8. The molecule has 1 amide bonds. The maximum absolute atomic E-state index is 12.2. The maximum atomic E-state index is 12.2. The third kappa shape index (κ3) is 24.6. The molecule has 4 nitrogen and oxygen atoms in total. The molecule has 2 atom stereocenters. The number of carbonyl (C=O) groups is 1. The summed E-state index contributed by atoms with van der Waals surface area (Å²) < 4.78 is 0. The molecule has 0 saturated heterocycles. The summed E-state index contributed by atoms with van der Waals surface area (Å²) in [7, 11) is 0. The molecule has 4 heteroatoms. The van der Waals surface area contributed by atoms with Crippen LogP contribution < -0.4 is 5.32 Å². The van der Waals surface area contributed by atoms with E-state index in [0.29, 0.717) is 12.8 Å². The smallest absolute Gasteiger partial charge is 0.220 e. The number of aliphatic hydroxyl groups excluding tert-OH is 2. The number of amides is 1. The molecule has 0 aliphatic heterocycles. The van der Waals surface area contributed by atoms with Gasteiger partial charge >= 0.3 is 0 Å². The standard InChI is InChI=1S/C31H61NO3/c1-3-5-7-9-11-13-15-16-17-18-20-22-24-26-30(34)29(28-33)32-31(35)27-25-23-21-19-14-12-10-8-6-4-2/h17-18,29-30,33-34H,3-16,19-28H2,1-2H3,(H,32,35)/b18-17+/t29-,30+/m0/s1. The molecule has 0 heterocycles. The highest BCUT2D eigenvalue weighted by atomic mass is 16.3. The van der Waals surface area contributed by atoms with Crippen LogP contribution in [0.3, 0.4) is 0 Å². The lowest BCUT2D eigenvalue weighted by atomic mass is 10.0. The predicted octanol–water partition coefficient (Wildman–Crippen LogP) is 8.39. The number of carbonyl (C=O) groups excluding carboxylic acids is 1. The fraction of sp³-hybridized carbons (Fsp3) is 0.903. The minimum Gasteiger partial charge on any atom is -0.394 e. The summed E-state index contributed by atoms with van der Waals surface area (Å²) in [6.45, 7) is 4.30. The molecule has 0 unspecified atom stereocenters. The number of rotatable bonds is 27. The van der Waals surface area contributed by atoms with Crippen LogP contribution in [0.1, 0.15) is 162 Å². The molecule has 0 aliphatic carbocycles. The van der Waals surface area contributed by atoms with Gasteiger partial charge < -0.3 is 15.5 Å². The molecule has 0 bridgehead atoms. The van der Waals surface area contributed by atoms with Crippen LogP contribution >= 0.6 is 0 Å². The summed E-state index contributed by atoms with van der Waals surface area (Å²) >= 11 is 0. The Morgan fingerprint density at radius 3 is 1.57 bits per heavy atom. The second kappa shape index (κ2) is 27.7. The Morgan fingerprint density at radius 2 is 1.09 bits per heavy atom. The third-order valence-corrected chi connectivity index (χ3v) is 7.03. The molecule has 35 heavy (non-hydrogen) atoms. The summed E-state index contributed by atoms with van der Waals surface area (Å²) in [4.78, 5) is 12.2. The highest BCUT2D eigenvalue weighted by Crippen LogP contribution is 2.13. The van der Waals surface area contributed by atoms with Crippen molar-refractivity contribution < 1.29 is 15.0 Å². The van der Waals surface area contributed by atoms with Crippen molar-refractivity contribution in [3.05, 3.63) is 12.2 Å². The zero-order chi connectivity index (χ0) is 25.8. The average molecular weight is 496 g/mol. The van der Waals surface area contributed by atoms with Crippen molar-refractivity contribution in [1.82, 2.24) is 5.32 Å². The van der Waals surface area contributed by atoms with Gasteiger partial charge in [0.05, 0.1) is 18.8 Å². The predicted molar refractivity (Wildman–Crippen MR) is 152 cm³/mol. The number of allylic oxidation sites excluding steroid dienone is 2. The quantitative estimate of drug-likeness (QED) is 0.0791. The lowest BCUT2D eigenvalue weighted by Gasteiger charge is -2.22. The first-order valence-electron chi connectivity index (χ1n) is 15.4. The third-order valence-electron chi connectivity index (χ3n) is 7.03. The van der Waals surface area contributed by atoms with E-state index in [0.717, 1.165) is 32.1 Å². The van der Waals surface area contributed by atoms with Crippen molar-refractivity contribution in [3.8, 4) is 0 Å². The Morgan fingerprint density at radius 1 is 0.657 bits per heavy atom. The van der Waals surface area contributed by atoms with Crippen molar-refractivity contribution in [1.29, 1.82) is 0 Å². The maximum Gasteiger partial charge on any atom is 0.220 e. The van der Waals surface area contributed by atoms with Gasteiger partial charge in [-0.2, -0.15) is 0 Å². The average Bonchev–Trinajstić information content (AvgIpc) is 2.86. The van der Waals surface area contributed by atoms with Crippen molar-refractivity contribution >= 4 is 5.91 Å². The topological polar surface area (TPSA) is 69.6 Å². The van der Waals surface area contributed by atoms with Crippen LogP contribution in [0.5, 0.6) is 0 Å². The van der Waals surface area contributed by atoms with Crippen molar-refractivity contribution in [2.45, 2.75) is 174 Å². The van der Waals surface area contributed by atoms with Gasteiger partial charge in [-0.1, -0.05) is 129 Å². The summed E-state index contributed by atoms with van der Waals surface area (Å²) in [5.74, 6) is -0.0454. The molecule has 3 N–H and O–H groups in total. The van der Waals surface area contributed by atoms with Gasteiger partial charge in [-0.3, -0.25) is 4.79 Å². The highest BCUT2D eigenvalue weighted by Gasteiger charge is 2.19. The number of hydrogen-bond acceptors (Lipinski definition) is 3. The van der Waals surface area contributed by atoms with Gasteiger partial charge in [0, 0.05) is 6.42 Å². The monoisotopic (exact) mass is 495 g/mol. The molecule has 0 aromatic rings. The first kappa shape index (κ1) is 34.1. The van der Waals surface area contributed by atoms with Gasteiger partial charge in [0.25, 0.3) is 0 Å². The molecular weight excluding hydrogens is 434 g/mol. The molecule has 0 fully saturated rings. The Hall–Kier alpha value is -0.870. The number of nitrogens with one attached hydrogen (secondary N) is 1. The molecule has 208 valence electrons. The van der Waals surface area contributed by atoms with Crippen LogP contribution in [-0.4, -0.2) is 34.9 Å². The van der Waals surface area contributed by atoms with Crippen molar-refractivity contribution in [3.63, 3.8) is 0 Å². The molecule has 0 radical (unpaired) electrons.